The Morgan fingerprint density at radius 3 is 2.26 bits per heavy atom. The third kappa shape index (κ3) is 4.05. The molecule has 3 rings (SSSR count). The molecule has 0 saturated heterocycles. The number of benzene rings is 2. The highest BCUT2D eigenvalue weighted by molar-refractivity contribution is 7.92. The van der Waals surface area contributed by atoms with Crippen LogP contribution in [0.4, 0.5) is 11.4 Å². The maximum Gasteiger partial charge on any atom is 0.261 e. The molecule has 2 N–H and O–H groups in total. The number of nitrogens with one attached hydrogen (secondary N) is 2. The van der Waals surface area contributed by atoms with Gasteiger partial charge in [-0.1, -0.05) is 25.0 Å². The Bertz CT molecular complexity index is 764. The van der Waals surface area contributed by atoms with Gasteiger partial charge in [0.15, 0.2) is 0 Å². The van der Waals surface area contributed by atoms with Crippen LogP contribution in [0.5, 0.6) is 0 Å². The first kappa shape index (κ1) is 15.9. The molecule has 0 radical (unpaired) electrons. The van der Waals surface area contributed by atoms with Crippen LogP contribution in [0.25, 0.3) is 0 Å². The summed E-state index contributed by atoms with van der Waals surface area (Å²) in [6.45, 7) is 1.88. The van der Waals surface area contributed by atoms with E-state index in [1.54, 1.807) is 30.3 Å². The molecule has 1 aliphatic rings. The van der Waals surface area contributed by atoms with Gasteiger partial charge in [-0.25, -0.2) is 8.42 Å². The standard InChI is InChI=1S/C18H22N2O2S/c1-14-5-4-8-18(13-14)23(21,22)20-17-11-9-16(10-12-17)19-15-6-2-3-7-15/h4-5,8-13,15,19-20H,2-3,6-7H2,1H3. The van der Waals surface area contributed by atoms with Crippen molar-refractivity contribution in [1.82, 2.24) is 0 Å². The Morgan fingerprint density at radius 1 is 0.957 bits per heavy atom. The summed E-state index contributed by atoms with van der Waals surface area (Å²) >= 11 is 0. The number of aryl methyl sites for hydroxylation is 1. The first-order chi connectivity index (χ1) is 11.0. The summed E-state index contributed by atoms with van der Waals surface area (Å²) in [6, 6.07) is 14.9. The van der Waals surface area contributed by atoms with Crippen molar-refractivity contribution >= 4 is 21.4 Å². The number of rotatable bonds is 5. The first-order valence-electron chi connectivity index (χ1n) is 7.99. The van der Waals surface area contributed by atoms with Crippen molar-refractivity contribution in [1.29, 1.82) is 0 Å². The molecule has 0 heterocycles. The summed E-state index contributed by atoms with van der Waals surface area (Å²) in [6.07, 6.45) is 4.99. The van der Waals surface area contributed by atoms with Crippen molar-refractivity contribution in [2.24, 2.45) is 0 Å². The number of hydrogen-bond acceptors (Lipinski definition) is 3. The van der Waals surface area contributed by atoms with E-state index in [2.05, 4.69) is 10.0 Å². The summed E-state index contributed by atoms with van der Waals surface area (Å²) in [5.41, 5.74) is 2.53. The molecule has 23 heavy (non-hydrogen) atoms. The molecular formula is C18H22N2O2S. The van der Waals surface area contributed by atoms with Gasteiger partial charge in [0.25, 0.3) is 10.0 Å². The molecule has 0 aromatic heterocycles. The topological polar surface area (TPSA) is 58.2 Å². The Hall–Kier alpha value is -2.01. The Balaban J connectivity index is 1.70. The van der Waals surface area contributed by atoms with Gasteiger partial charge >= 0.3 is 0 Å². The van der Waals surface area contributed by atoms with Crippen molar-refractivity contribution in [2.45, 2.75) is 43.5 Å². The zero-order valence-corrected chi connectivity index (χ0v) is 14.1. The molecule has 0 aliphatic heterocycles. The van der Waals surface area contributed by atoms with Gasteiger partial charge in [0.2, 0.25) is 0 Å². The quantitative estimate of drug-likeness (QED) is 0.866. The predicted molar refractivity (Wildman–Crippen MR) is 94.3 cm³/mol. The highest BCUT2D eigenvalue weighted by atomic mass is 32.2. The van der Waals surface area contributed by atoms with Crippen molar-refractivity contribution < 1.29 is 8.42 Å². The van der Waals surface area contributed by atoms with Gasteiger partial charge in [-0.15, -0.1) is 0 Å². The van der Waals surface area contributed by atoms with E-state index in [1.807, 2.05) is 25.1 Å². The predicted octanol–water partition coefficient (Wildman–Crippen LogP) is 4.15. The van der Waals surface area contributed by atoms with Crippen molar-refractivity contribution in [2.75, 3.05) is 10.0 Å². The van der Waals surface area contributed by atoms with E-state index in [0.29, 0.717) is 11.7 Å². The Morgan fingerprint density at radius 2 is 1.61 bits per heavy atom. The summed E-state index contributed by atoms with van der Waals surface area (Å²) in [5.74, 6) is 0. The number of sulfonamides is 1. The molecule has 0 atom stereocenters. The van der Waals surface area contributed by atoms with E-state index < -0.39 is 10.0 Å². The van der Waals surface area contributed by atoms with Crippen LogP contribution in [0.2, 0.25) is 0 Å². The van der Waals surface area contributed by atoms with Crippen molar-refractivity contribution in [3.8, 4) is 0 Å². The van der Waals surface area contributed by atoms with E-state index in [1.165, 1.54) is 25.7 Å². The van der Waals surface area contributed by atoms with Crippen LogP contribution in [0.1, 0.15) is 31.2 Å². The lowest BCUT2D eigenvalue weighted by Gasteiger charge is -2.14. The zero-order chi connectivity index (χ0) is 16.3. The molecule has 1 fully saturated rings. The van der Waals surface area contributed by atoms with Crippen LogP contribution >= 0.6 is 0 Å². The molecule has 2 aromatic carbocycles. The fourth-order valence-electron chi connectivity index (χ4n) is 2.94. The minimum atomic E-state index is -3.54. The fourth-order valence-corrected chi connectivity index (χ4v) is 4.10. The molecule has 4 nitrogen and oxygen atoms in total. The smallest absolute Gasteiger partial charge is 0.261 e. The lowest BCUT2D eigenvalue weighted by atomic mass is 10.2. The lowest BCUT2D eigenvalue weighted by molar-refractivity contribution is 0.601. The van der Waals surface area contributed by atoms with E-state index in [9.17, 15) is 8.42 Å². The fraction of sp³-hybridized carbons (Fsp3) is 0.333. The molecule has 1 aliphatic carbocycles. The average Bonchev–Trinajstić information content (AvgIpc) is 3.02. The van der Waals surface area contributed by atoms with Crippen LogP contribution in [-0.4, -0.2) is 14.5 Å². The SMILES string of the molecule is Cc1cccc(S(=O)(=O)Nc2ccc(NC3CCCC3)cc2)c1. The largest absolute Gasteiger partial charge is 0.382 e. The Labute approximate surface area is 138 Å². The first-order valence-corrected chi connectivity index (χ1v) is 9.47. The van der Waals surface area contributed by atoms with Gasteiger partial charge in [-0.3, -0.25) is 4.72 Å². The summed E-state index contributed by atoms with van der Waals surface area (Å²) < 4.78 is 27.4. The molecule has 1 saturated carbocycles. The number of anilines is 2. The van der Waals surface area contributed by atoms with E-state index >= 15 is 0 Å². The molecule has 2 aromatic rings. The van der Waals surface area contributed by atoms with Crippen LogP contribution in [0, 0.1) is 6.92 Å². The van der Waals surface area contributed by atoms with E-state index in [-0.39, 0.29) is 4.90 Å². The molecule has 0 unspecified atom stereocenters. The highest BCUT2D eigenvalue weighted by Gasteiger charge is 2.16. The zero-order valence-electron chi connectivity index (χ0n) is 13.2. The summed E-state index contributed by atoms with van der Waals surface area (Å²) in [4.78, 5) is 0.283. The number of hydrogen-bond donors (Lipinski definition) is 2. The second-order valence-corrected chi connectivity index (χ2v) is 7.81. The maximum atomic E-state index is 12.4. The van der Waals surface area contributed by atoms with Crippen molar-refractivity contribution in [3.05, 3.63) is 54.1 Å². The van der Waals surface area contributed by atoms with Gasteiger partial charge in [0.05, 0.1) is 4.90 Å². The minimum Gasteiger partial charge on any atom is -0.382 e. The minimum absolute atomic E-state index is 0.283. The van der Waals surface area contributed by atoms with E-state index in [0.717, 1.165) is 11.3 Å². The lowest BCUT2D eigenvalue weighted by Crippen LogP contribution is -2.15. The maximum absolute atomic E-state index is 12.4. The molecule has 0 amide bonds. The average molecular weight is 330 g/mol. The van der Waals surface area contributed by atoms with Crippen LogP contribution in [0.3, 0.4) is 0 Å². The molecule has 0 bridgehead atoms. The van der Waals surface area contributed by atoms with Crippen LogP contribution in [0.15, 0.2) is 53.4 Å². The molecule has 0 spiro atoms. The van der Waals surface area contributed by atoms with Crippen LogP contribution in [-0.2, 0) is 10.0 Å². The van der Waals surface area contributed by atoms with Crippen molar-refractivity contribution in [3.63, 3.8) is 0 Å². The van der Waals surface area contributed by atoms with Crippen LogP contribution < -0.4 is 10.0 Å². The van der Waals surface area contributed by atoms with Gasteiger partial charge in [-0.2, -0.15) is 0 Å². The molecule has 122 valence electrons. The highest BCUT2D eigenvalue weighted by Crippen LogP contribution is 2.24. The monoisotopic (exact) mass is 330 g/mol. The Kier molecular flexibility index (Phi) is 4.57. The second kappa shape index (κ2) is 6.62. The summed E-state index contributed by atoms with van der Waals surface area (Å²) in [5, 5.41) is 3.49. The molecular weight excluding hydrogens is 308 g/mol. The third-order valence-electron chi connectivity index (χ3n) is 4.16. The van der Waals surface area contributed by atoms with Gasteiger partial charge in [0, 0.05) is 17.4 Å². The third-order valence-corrected chi connectivity index (χ3v) is 5.54. The van der Waals surface area contributed by atoms with Gasteiger partial charge < -0.3 is 5.32 Å². The van der Waals surface area contributed by atoms with E-state index in [4.69, 9.17) is 0 Å². The normalized spacial score (nSPS) is 15.5. The molecule has 5 heteroatoms. The van der Waals surface area contributed by atoms with Gasteiger partial charge in [0.1, 0.15) is 0 Å². The second-order valence-electron chi connectivity index (χ2n) is 6.13. The summed E-state index contributed by atoms with van der Waals surface area (Å²) in [7, 11) is -3.54. The van der Waals surface area contributed by atoms with Gasteiger partial charge in [-0.05, 0) is 61.7 Å².